The highest BCUT2D eigenvalue weighted by Gasteiger charge is 2.23. The van der Waals surface area contributed by atoms with Crippen LogP contribution in [0.2, 0.25) is 0 Å². The zero-order valence-electron chi connectivity index (χ0n) is 17.7. The van der Waals surface area contributed by atoms with E-state index in [9.17, 15) is 13.2 Å². The quantitative estimate of drug-likeness (QED) is 0.619. The first-order chi connectivity index (χ1) is 14.3. The number of carbonyl (C=O) groups is 1. The molecule has 1 saturated carbocycles. The molecule has 0 bridgehead atoms. The fraction of sp³-hybridized carbons (Fsp3) is 0.550. The van der Waals surface area contributed by atoms with Crippen molar-refractivity contribution in [2.75, 3.05) is 23.8 Å². The van der Waals surface area contributed by atoms with Crippen molar-refractivity contribution in [3.05, 3.63) is 24.3 Å². The van der Waals surface area contributed by atoms with E-state index < -0.39 is 10.0 Å². The summed E-state index contributed by atoms with van der Waals surface area (Å²) in [4.78, 5) is 14.5. The average molecular weight is 452 g/mol. The van der Waals surface area contributed by atoms with Crippen LogP contribution in [0.4, 0.5) is 5.69 Å². The van der Waals surface area contributed by atoms with Crippen molar-refractivity contribution in [3.63, 3.8) is 0 Å². The Morgan fingerprint density at radius 3 is 2.47 bits per heavy atom. The number of hydrogen-bond donors (Lipinski definition) is 1. The first kappa shape index (κ1) is 22.6. The number of sulfonamides is 1. The zero-order valence-corrected chi connectivity index (χ0v) is 19.3. The fourth-order valence-corrected chi connectivity index (χ4v) is 5.19. The summed E-state index contributed by atoms with van der Waals surface area (Å²) in [5, 5.41) is 9.29. The Morgan fingerprint density at radius 1 is 1.20 bits per heavy atom. The Kier molecular flexibility index (Phi) is 7.41. The normalized spacial score (nSPS) is 15.2. The maximum atomic E-state index is 12.6. The van der Waals surface area contributed by atoms with Crippen molar-refractivity contribution in [3.8, 4) is 11.4 Å². The lowest BCUT2D eigenvalue weighted by molar-refractivity contribution is -0.129. The molecule has 1 aliphatic rings. The van der Waals surface area contributed by atoms with Crippen LogP contribution >= 0.6 is 11.8 Å². The van der Waals surface area contributed by atoms with Gasteiger partial charge in [-0.15, -0.1) is 10.2 Å². The minimum atomic E-state index is -3.32. The summed E-state index contributed by atoms with van der Waals surface area (Å²) in [7, 11) is -1.41. The monoisotopic (exact) mass is 451 g/mol. The standard InChI is InChI=1S/C20H29N5O3S2/c1-4-25-19(15-10-12-16(13-11-15)23-30(3,27)28)21-22-20(25)29-14-18(26)24(2)17-8-6-5-7-9-17/h10-13,17,23H,4-9,14H2,1-3H3. The average Bonchev–Trinajstić information content (AvgIpc) is 3.14. The first-order valence-electron chi connectivity index (χ1n) is 10.2. The Morgan fingerprint density at radius 2 is 1.87 bits per heavy atom. The van der Waals surface area contributed by atoms with Crippen LogP contribution < -0.4 is 4.72 Å². The summed E-state index contributed by atoms with van der Waals surface area (Å²) in [6, 6.07) is 7.35. The third-order valence-corrected chi connectivity index (χ3v) is 6.88. The minimum Gasteiger partial charge on any atom is -0.342 e. The molecule has 1 aromatic carbocycles. The Hall–Kier alpha value is -2.07. The molecule has 2 aromatic rings. The maximum absolute atomic E-state index is 12.6. The Labute approximate surface area is 182 Å². The van der Waals surface area contributed by atoms with E-state index in [4.69, 9.17) is 0 Å². The molecule has 1 amide bonds. The minimum absolute atomic E-state index is 0.121. The number of thioether (sulfide) groups is 1. The lowest BCUT2D eigenvalue weighted by atomic mass is 9.94. The van der Waals surface area contributed by atoms with Crippen molar-refractivity contribution >= 4 is 33.4 Å². The number of aromatic nitrogens is 3. The molecule has 0 atom stereocenters. The lowest BCUT2D eigenvalue weighted by Crippen LogP contribution is -2.39. The topological polar surface area (TPSA) is 97.2 Å². The molecule has 0 unspecified atom stereocenters. The first-order valence-corrected chi connectivity index (χ1v) is 13.1. The highest BCUT2D eigenvalue weighted by Crippen LogP contribution is 2.27. The van der Waals surface area contributed by atoms with Crippen LogP contribution in [0.25, 0.3) is 11.4 Å². The summed E-state index contributed by atoms with van der Waals surface area (Å²) in [6.45, 7) is 2.67. The van der Waals surface area contributed by atoms with Crippen molar-refractivity contribution < 1.29 is 13.2 Å². The molecule has 1 fully saturated rings. The number of amides is 1. The highest BCUT2D eigenvalue weighted by molar-refractivity contribution is 7.99. The van der Waals surface area contributed by atoms with Gasteiger partial charge in [-0.3, -0.25) is 9.52 Å². The molecule has 164 valence electrons. The van der Waals surface area contributed by atoms with Gasteiger partial charge in [-0.25, -0.2) is 8.42 Å². The van der Waals surface area contributed by atoms with Gasteiger partial charge in [0.15, 0.2) is 11.0 Å². The van der Waals surface area contributed by atoms with E-state index >= 15 is 0 Å². The van der Waals surface area contributed by atoms with Crippen molar-refractivity contribution in [2.24, 2.45) is 0 Å². The van der Waals surface area contributed by atoms with Gasteiger partial charge in [0, 0.05) is 30.9 Å². The largest absolute Gasteiger partial charge is 0.342 e. The molecule has 1 N–H and O–H groups in total. The molecule has 0 saturated heterocycles. The van der Waals surface area contributed by atoms with E-state index in [1.807, 2.05) is 23.4 Å². The van der Waals surface area contributed by atoms with Gasteiger partial charge in [-0.1, -0.05) is 31.0 Å². The van der Waals surface area contributed by atoms with Crippen LogP contribution in [0.1, 0.15) is 39.0 Å². The maximum Gasteiger partial charge on any atom is 0.233 e. The van der Waals surface area contributed by atoms with E-state index in [1.165, 1.54) is 31.0 Å². The fourth-order valence-electron chi connectivity index (χ4n) is 3.70. The van der Waals surface area contributed by atoms with Crippen molar-refractivity contribution in [1.29, 1.82) is 0 Å². The number of hydrogen-bond acceptors (Lipinski definition) is 6. The van der Waals surface area contributed by atoms with Gasteiger partial charge in [0.1, 0.15) is 0 Å². The molecule has 1 heterocycles. The summed E-state index contributed by atoms with van der Waals surface area (Å²) < 4.78 is 27.1. The predicted octanol–water partition coefficient (Wildman–Crippen LogP) is 3.22. The molecular formula is C20H29N5O3S2. The summed E-state index contributed by atoms with van der Waals surface area (Å²) in [5.41, 5.74) is 1.33. The number of carbonyl (C=O) groups excluding carboxylic acids is 1. The summed E-state index contributed by atoms with van der Waals surface area (Å²) >= 11 is 1.41. The molecule has 0 spiro atoms. The molecule has 1 aliphatic carbocycles. The van der Waals surface area contributed by atoms with E-state index in [0.717, 1.165) is 24.7 Å². The zero-order chi connectivity index (χ0) is 21.7. The molecule has 30 heavy (non-hydrogen) atoms. The van der Waals surface area contributed by atoms with Crippen LogP contribution in [0.15, 0.2) is 29.4 Å². The molecule has 3 rings (SSSR count). The molecular weight excluding hydrogens is 422 g/mol. The van der Waals surface area contributed by atoms with Crippen LogP contribution in [-0.2, 0) is 21.4 Å². The summed E-state index contributed by atoms with van der Waals surface area (Å²) in [5.74, 6) is 1.15. The Bertz CT molecular complexity index is 967. The molecule has 0 radical (unpaired) electrons. The van der Waals surface area contributed by atoms with Gasteiger partial charge in [0.2, 0.25) is 15.9 Å². The molecule has 0 aliphatic heterocycles. The van der Waals surface area contributed by atoms with E-state index in [-0.39, 0.29) is 5.91 Å². The van der Waals surface area contributed by atoms with Crippen molar-refractivity contribution in [2.45, 2.75) is 56.8 Å². The number of nitrogens with one attached hydrogen (secondary N) is 1. The van der Waals surface area contributed by atoms with Crippen molar-refractivity contribution in [1.82, 2.24) is 19.7 Å². The van der Waals surface area contributed by atoms with Crippen LogP contribution in [0.5, 0.6) is 0 Å². The number of anilines is 1. The highest BCUT2D eigenvalue weighted by atomic mass is 32.2. The number of rotatable bonds is 8. The molecule has 8 nitrogen and oxygen atoms in total. The Balaban J connectivity index is 1.67. The number of benzene rings is 1. The second-order valence-electron chi connectivity index (χ2n) is 7.59. The van der Waals surface area contributed by atoms with Gasteiger partial charge in [0.25, 0.3) is 0 Å². The summed E-state index contributed by atoms with van der Waals surface area (Å²) in [6.07, 6.45) is 6.95. The van der Waals surface area contributed by atoms with Crippen LogP contribution in [0.3, 0.4) is 0 Å². The lowest BCUT2D eigenvalue weighted by Gasteiger charge is -2.31. The van der Waals surface area contributed by atoms with Gasteiger partial charge in [-0.05, 0) is 44.0 Å². The van der Waals surface area contributed by atoms with E-state index in [2.05, 4.69) is 14.9 Å². The van der Waals surface area contributed by atoms with E-state index in [0.29, 0.717) is 35.0 Å². The van der Waals surface area contributed by atoms with Gasteiger partial charge in [0.05, 0.1) is 12.0 Å². The van der Waals surface area contributed by atoms with Gasteiger partial charge >= 0.3 is 0 Å². The van der Waals surface area contributed by atoms with Crippen LogP contribution in [0, 0.1) is 0 Å². The molecule has 10 heteroatoms. The SMILES string of the molecule is CCn1c(SCC(=O)N(C)C2CCCCC2)nnc1-c1ccc(NS(C)(=O)=O)cc1. The second kappa shape index (κ2) is 9.82. The number of nitrogens with zero attached hydrogens (tertiary/aromatic N) is 4. The second-order valence-corrected chi connectivity index (χ2v) is 10.3. The van der Waals surface area contributed by atoms with Gasteiger partial charge in [-0.2, -0.15) is 0 Å². The van der Waals surface area contributed by atoms with Crippen LogP contribution in [-0.4, -0.2) is 59.1 Å². The van der Waals surface area contributed by atoms with E-state index in [1.54, 1.807) is 24.3 Å². The molecule has 1 aromatic heterocycles. The third-order valence-electron chi connectivity index (χ3n) is 5.32. The van der Waals surface area contributed by atoms with Gasteiger partial charge < -0.3 is 9.47 Å². The third kappa shape index (κ3) is 5.75. The predicted molar refractivity (Wildman–Crippen MR) is 120 cm³/mol. The smallest absolute Gasteiger partial charge is 0.233 e.